The van der Waals surface area contributed by atoms with Gasteiger partial charge in [-0.05, 0) is 37.1 Å². The number of ether oxygens (including phenoxy) is 3. The molecule has 0 radical (unpaired) electrons. The highest BCUT2D eigenvalue weighted by Crippen LogP contribution is 2.27. The molecule has 0 unspecified atom stereocenters. The predicted molar refractivity (Wildman–Crippen MR) is 119 cm³/mol. The van der Waals surface area contributed by atoms with Gasteiger partial charge in [-0.15, -0.1) is 0 Å². The number of amides is 1. The first-order valence-electron chi connectivity index (χ1n) is 10.1. The molecule has 0 saturated carbocycles. The average molecular weight is 442 g/mol. The van der Waals surface area contributed by atoms with E-state index in [1.165, 1.54) is 17.8 Å². The molecule has 0 saturated heterocycles. The van der Waals surface area contributed by atoms with Gasteiger partial charge in [0.1, 0.15) is 17.7 Å². The Morgan fingerprint density at radius 3 is 2.53 bits per heavy atom. The summed E-state index contributed by atoms with van der Waals surface area (Å²) in [6, 6.07) is 7.06. The van der Waals surface area contributed by atoms with Gasteiger partial charge in [-0.25, -0.2) is 14.3 Å². The van der Waals surface area contributed by atoms with Crippen LogP contribution in [0.3, 0.4) is 0 Å². The van der Waals surface area contributed by atoms with Crippen LogP contribution in [0.5, 0.6) is 17.2 Å². The van der Waals surface area contributed by atoms with Crippen LogP contribution in [-0.2, 0) is 24.8 Å². The van der Waals surface area contributed by atoms with Crippen LogP contribution in [0.2, 0.25) is 0 Å². The number of benzene rings is 1. The fourth-order valence-electron chi connectivity index (χ4n) is 3.38. The maximum Gasteiger partial charge on any atom is 0.332 e. The van der Waals surface area contributed by atoms with E-state index < -0.39 is 23.7 Å². The van der Waals surface area contributed by atoms with Crippen molar-refractivity contribution in [1.82, 2.24) is 19.4 Å². The Morgan fingerprint density at radius 1 is 1.09 bits per heavy atom. The number of aromatic nitrogens is 3. The van der Waals surface area contributed by atoms with Gasteiger partial charge in [-0.1, -0.05) is 6.07 Å². The van der Waals surface area contributed by atoms with Crippen molar-refractivity contribution in [2.45, 2.75) is 19.9 Å². The molecular weight excluding hydrogens is 416 g/mol. The predicted octanol–water partition coefficient (Wildman–Crippen LogP) is 0.870. The average Bonchev–Trinajstić information content (AvgIpc) is 2.80. The molecule has 1 amide bonds. The highest BCUT2D eigenvalue weighted by Gasteiger charge is 2.18. The van der Waals surface area contributed by atoms with Crippen LogP contribution in [0.25, 0.3) is 11.0 Å². The summed E-state index contributed by atoms with van der Waals surface area (Å²) in [5.41, 5.74) is -0.0985. The van der Waals surface area contributed by atoms with E-state index in [4.69, 9.17) is 14.2 Å². The summed E-state index contributed by atoms with van der Waals surface area (Å²) in [6.07, 6.45) is 2.01. The first kappa shape index (κ1) is 22.9. The molecule has 0 aliphatic rings. The Morgan fingerprint density at radius 2 is 1.84 bits per heavy atom. The van der Waals surface area contributed by atoms with Crippen molar-refractivity contribution >= 4 is 16.9 Å². The highest BCUT2D eigenvalue weighted by molar-refractivity contribution is 5.82. The van der Waals surface area contributed by atoms with Gasteiger partial charge in [-0.3, -0.25) is 14.2 Å². The van der Waals surface area contributed by atoms with Gasteiger partial charge in [0.25, 0.3) is 5.56 Å². The molecule has 1 N–H and O–H groups in total. The Bertz CT molecular complexity index is 1250. The van der Waals surface area contributed by atoms with Crippen LogP contribution >= 0.6 is 0 Å². The Balaban J connectivity index is 1.76. The van der Waals surface area contributed by atoms with Crippen LogP contribution in [0.4, 0.5) is 0 Å². The maximum atomic E-state index is 13.0. The van der Waals surface area contributed by atoms with E-state index in [9.17, 15) is 14.4 Å². The van der Waals surface area contributed by atoms with Crippen molar-refractivity contribution < 1.29 is 19.0 Å². The van der Waals surface area contributed by atoms with Crippen molar-refractivity contribution in [3.63, 3.8) is 0 Å². The van der Waals surface area contributed by atoms with Crippen LogP contribution in [0, 0.1) is 0 Å². The first-order chi connectivity index (χ1) is 15.4. The summed E-state index contributed by atoms with van der Waals surface area (Å²) in [7, 11) is 4.61. The lowest BCUT2D eigenvalue weighted by Crippen LogP contribution is -2.43. The monoisotopic (exact) mass is 442 g/mol. The van der Waals surface area contributed by atoms with Gasteiger partial charge >= 0.3 is 5.69 Å². The van der Waals surface area contributed by atoms with Crippen LogP contribution in [0.1, 0.15) is 12.5 Å². The third-order valence-corrected chi connectivity index (χ3v) is 4.97. The van der Waals surface area contributed by atoms with Gasteiger partial charge in [0, 0.05) is 19.8 Å². The number of carbonyl (C=O) groups is 1. The molecule has 0 aliphatic carbocycles. The van der Waals surface area contributed by atoms with Crippen molar-refractivity contribution in [2.75, 3.05) is 27.4 Å². The maximum absolute atomic E-state index is 13.0. The van der Waals surface area contributed by atoms with E-state index in [0.29, 0.717) is 36.8 Å². The van der Waals surface area contributed by atoms with E-state index in [-0.39, 0.29) is 11.0 Å². The molecule has 32 heavy (non-hydrogen) atoms. The minimum absolute atomic E-state index is 0.162. The summed E-state index contributed by atoms with van der Waals surface area (Å²) in [6.45, 7) is 2.05. The molecular formula is C22H26N4O6. The normalized spacial score (nSPS) is 10.8. The van der Waals surface area contributed by atoms with E-state index >= 15 is 0 Å². The second-order valence-electron chi connectivity index (χ2n) is 6.96. The van der Waals surface area contributed by atoms with Crippen molar-refractivity contribution in [3.8, 4) is 17.2 Å². The topological polar surface area (TPSA) is 114 Å². The molecule has 170 valence electrons. The van der Waals surface area contributed by atoms with Gasteiger partial charge in [-0.2, -0.15) is 0 Å². The fourth-order valence-corrected chi connectivity index (χ4v) is 3.38. The number of methoxy groups -OCH3 is 2. The fraction of sp³-hybridized carbons (Fsp3) is 0.364. The van der Waals surface area contributed by atoms with E-state index in [1.807, 2.05) is 12.1 Å². The molecule has 2 aromatic heterocycles. The summed E-state index contributed by atoms with van der Waals surface area (Å²) in [5.74, 6) is 1.08. The van der Waals surface area contributed by atoms with Gasteiger partial charge in [0.2, 0.25) is 5.91 Å². The lowest BCUT2D eigenvalue weighted by atomic mass is 10.1. The summed E-state index contributed by atoms with van der Waals surface area (Å²) >= 11 is 0. The summed E-state index contributed by atoms with van der Waals surface area (Å²) in [5, 5.41) is 2.90. The molecule has 10 nitrogen and oxygen atoms in total. The molecule has 0 spiro atoms. The van der Waals surface area contributed by atoms with Gasteiger partial charge in [0.05, 0.1) is 20.8 Å². The molecule has 0 aliphatic heterocycles. The molecule has 3 aromatic rings. The number of hydrogen-bond donors (Lipinski definition) is 1. The van der Waals surface area contributed by atoms with Crippen LogP contribution < -0.4 is 30.8 Å². The van der Waals surface area contributed by atoms with Crippen molar-refractivity contribution in [3.05, 3.63) is 56.9 Å². The number of nitrogens with zero attached hydrogens (tertiary/aromatic N) is 3. The standard InChI is InChI=1S/C22H26N4O6/c1-5-32-16-9-11-24-20-19(16)21(28)26(22(29)25(20)2)13-18(27)23-10-8-14-6-7-15(30-3)17(12-14)31-4/h6-7,9,11-12H,5,8,10,13H2,1-4H3,(H,23,27). The molecule has 0 bridgehead atoms. The highest BCUT2D eigenvalue weighted by atomic mass is 16.5. The third-order valence-electron chi connectivity index (χ3n) is 4.97. The number of rotatable bonds is 9. The van der Waals surface area contributed by atoms with E-state index in [1.54, 1.807) is 33.3 Å². The molecule has 3 rings (SSSR count). The number of fused-ring (bicyclic) bond motifs is 1. The van der Waals surface area contributed by atoms with Crippen molar-refractivity contribution in [2.24, 2.45) is 7.05 Å². The molecule has 1 aromatic carbocycles. The number of aryl methyl sites for hydroxylation is 1. The lowest BCUT2D eigenvalue weighted by molar-refractivity contribution is -0.121. The smallest absolute Gasteiger partial charge is 0.332 e. The molecule has 10 heteroatoms. The Hall–Kier alpha value is -3.82. The van der Waals surface area contributed by atoms with Crippen molar-refractivity contribution in [1.29, 1.82) is 0 Å². The zero-order chi connectivity index (χ0) is 23.3. The quantitative estimate of drug-likeness (QED) is 0.523. The van der Waals surface area contributed by atoms with Gasteiger partial charge in [0.15, 0.2) is 17.1 Å². The summed E-state index contributed by atoms with van der Waals surface area (Å²) < 4.78 is 18.1. The second kappa shape index (κ2) is 9.99. The van der Waals surface area contributed by atoms with Crippen LogP contribution in [-0.4, -0.2) is 47.4 Å². The van der Waals surface area contributed by atoms with E-state index in [2.05, 4.69) is 10.3 Å². The number of pyridine rings is 1. The number of hydrogen-bond acceptors (Lipinski definition) is 7. The third kappa shape index (κ3) is 4.58. The Labute approximate surface area is 184 Å². The lowest BCUT2D eigenvalue weighted by Gasteiger charge is -2.13. The van der Waals surface area contributed by atoms with E-state index in [0.717, 1.165) is 10.1 Å². The number of carbonyl (C=O) groups excluding carboxylic acids is 1. The molecule has 0 atom stereocenters. The largest absolute Gasteiger partial charge is 0.493 e. The second-order valence-corrected chi connectivity index (χ2v) is 6.96. The van der Waals surface area contributed by atoms with Crippen LogP contribution in [0.15, 0.2) is 40.1 Å². The zero-order valence-electron chi connectivity index (χ0n) is 18.5. The van der Waals surface area contributed by atoms with Gasteiger partial charge < -0.3 is 19.5 Å². The summed E-state index contributed by atoms with van der Waals surface area (Å²) in [4.78, 5) is 42.3. The minimum Gasteiger partial charge on any atom is -0.493 e. The molecule has 0 fully saturated rings. The Kier molecular flexibility index (Phi) is 7.14. The number of nitrogens with one attached hydrogen (secondary N) is 1. The zero-order valence-corrected chi connectivity index (χ0v) is 18.5. The SMILES string of the molecule is CCOc1ccnc2c1c(=O)n(CC(=O)NCCc1ccc(OC)c(OC)c1)c(=O)n2C. The molecule has 2 heterocycles. The first-order valence-corrected chi connectivity index (χ1v) is 10.1. The minimum atomic E-state index is -0.626.